The maximum atomic E-state index is 12.9. The van der Waals surface area contributed by atoms with Gasteiger partial charge in [-0.3, -0.25) is 4.79 Å². The average molecular weight is 426 g/mol. The molecule has 0 atom stereocenters. The zero-order valence-corrected chi connectivity index (χ0v) is 18.0. The van der Waals surface area contributed by atoms with Crippen LogP contribution < -0.4 is 11.0 Å². The standard InChI is InChI=1S/C24H22N6O2/c1-15-8-9-16(2)18(12-15)20-13-21-23-27-30(24(32)28(23)10-11-29(21)26-20)14-22(31)25-19-7-5-4-6-17(19)3/h4-13H,14H2,1-3H3,(H,25,31). The van der Waals surface area contributed by atoms with Gasteiger partial charge in [-0.05, 0) is 50.1 Å². The second kappa shape index (κ2) is 7.49. The number of nitrogens with zero attached hydrogens (tertiary/aromatic N) is 5. The monoisotopic (exact) mass is 426 g/mol. The van der Waals surface area contributed by atoms with Crippen LogP contribution in [0.3, 0.4) is 0 Å². The molecule has 0 fully saturated rings. The van der Waals surface area contributed by atoms with Crippen molar-refractivity contribution in [2.45, 2.75) is 27.3 Å². The number of carbonyl (C=O) groups excluding carboxylic acids is 1. The summed E-state index contributed by atoms with van der Waals surface area (Å²) >= 11 is 0. The van der Waals surface area contributed by atoms with Crippen molar-refractivity contribution in [3.05, 3.63) is 88.1 Å². The van der Waals surface area contributed by atoms with E-state index in [0.717, 1.165) is 27.9 Å². The van der Waals surface area contributed by atoms with E-state index in [2.05, 4.69) is 33.7 Å². The molecule has 0 aliphatic carbocycles. The maximum absolute atomic E-state index is 12.9. The largest absolute Gasteiger partial charge is 0.350 e. The molecule has 2 aromatic carbocycles. The fraction of sp³-hybridized carbons (Fsp3) is 0.167. The zero-order chi connectivity index (χ0) is 22.4. The van der Waals surface area contributed by atoms with Gasteiger partial charge in [-0.2, -0.15) is 5.10 Å². The highest BCUT2D eigenvalue weighted by Gasteiger charge is 2.16. The van der Waals surface area contributed by atoms with Crippen molar-refractivity contribution >= 4 is 22.8 Å². The molecule has 8 heteroatoms. The molecule has 0 bridgehead atoms. The molecule has 5 rings (SSSR count). The molecule has 0 radical (unpaired) electrons. The van der Waals surface area contributed by atoms with Crippen LogP contribution in [-0.4, -0.2) is 29.7 Å². The Morgan fingerprint density at radius 2 is 1.78 bits per heavy atom. The number of fused-ring (bicyclic) bond motifs is 3. The van der Waals surface area contributed by atoms with E-state index in [1.807, 2.05) is 51.1 Å². The van der Waals surface area contributed by atoms with Crippen LogP contribution in [0.25, 0.3) is 22.4 Å². The minimum absolute atomic E-state index is 0.182. The summed E-state index contributed by atoms with van der Waals surface area (Å²) in [6.07, 6.45) is 3.34. The second-order valence-electron chi connectivity index (χ2n) is 7.97. The van der Waals surface area contributed by atoms with E-state index in [0.29, 0.717) is 16.9 Å². The van der Waals surface area contributed by atoms with Gasteiger partial charge >= 0.3 is 5.69 Å². The van der Waals surface area contributed by atoms with Crippen molar-refractivity contribution in [1.29, 1.82) is 0 Å². The Kier molecular flexibility index (Phi) is 4.62. The minimum atomic E-state index is -0.378. The van der Waals surface area contributed by atoms with Crippen molar-refractivity contribution in [1.82, 2.24) is 23.8 Å². The predicted molar refractivity (Wildman–Crippen MR) is 123 cm³/mol. The Morgan fingerprint density at radius 1 is 0.969 bits per heavy atom. The number of aryl methyl sites for hydroxylation is 3. The Morgan fingerprint density at radius 3 is 2.59 bits per heavy atom. The molecule has 0 saturated carbocycles. The van der Waals surface area contributed by atoms with Gasteiger partial charge in [0, 0.05) is 23.6 Å². The number of nitrogens with one attached hydrogen (secondary N) is 1. The van der Waals surface area contributed by atoms with Gasteiger partial charge in [-0.15, -0.1) is 5.10 Å². The number of para-hydroxylation sites is 1. The third-order valence-corrected chi connectivity index (χ3v) is 5.57. The predicted octanol–water partition coefficient (Wildman–Crippen LogP) is 3.37. The lowest BCUT2D eigenvalue weighted by Crippen LogP contribution is -2.28. The number of aromatic nitrogens is 5. The average Bonchev–Trinajstić information content (AvgIpc) is 3.33. The number of benzene rings is 2. The van der Waals surface area contributed by atoms with E-state index in [4.69, 9.17) is 0 Å². The number of anilines is 1. The molecule has 0 saturated heterocycles. The molecule has 0 spiro atoms. The van der Waals surface area contributed by atoms with Crippen molar-refractivity contribution < 1.29 is 4.79 Å². The van der Waals surface area contributed by atoms with Gasteiger partial charge < -0.3 is 5.32 Å². The first-order valence-corrected chi connectivity index (χ1v) is 10.3. The molecule has 5 aromatic rings. The number of rotatable bonds is 4. The Labute approximate surface area is 183 Å². The molecule has 0 unspecified atom stereocenters. The number of amides is 1. The molecule has 160 valence electrons. The van der Waals surface area contributed by atoms with Crippen LogP contribution in [0.15, 0.2) is 65.7 Å². The van der Waals surface area contributed by atoms with Crippen molar-refractivity contribution in [3.8, 4) is 11.3 Å². The summed E-state index contributed by atoms with van der Waals surface area (Å²) in [6.45, 7) is 5.82. The fourth-order valence-electron chi connectivity index (χ4n) is 3.82. The van der Waals surface area contributed by atoms with Gasteiger partial charge in [0.25, 0.3) is 0 Å². The van der Waals surface area contributed by atoms with E-state index < -0.39 is 0 Å². The van der Waals surface area contributed by atoms with E-state index >= 15 is 0 Å². The Bertz CT molecular complexity index is 1560. The number of carbonyl (C=O) groups is 1. The third kappa shape index (κ3) is 3.35. The van der Waals surface area contributed by atoms with Crippen LogP contribution in [0, 0.1) is 20.8 Å². The second-order valence-corrected chi connectivity index (χ2v) is 7.97. The van der Waals surface area contributed by atoms with Crippen LogP contribution in [0.2, 0.25) is 0 Å². The number of hydrogen-bond donors (Lipinski definition) is 1. The van der Waals surface area contributed by atoms with Crippen LogP contribution in [0.5, 0.6) is 0 Å². The van der Waals surface area contributed by atoms with Crippen LogP contribution in [-0.2, 0) is 11.3 Å². The lowest BCUT2D eigenvalue weighted by Gasteiger charge is -2.07. The van der Waals surface area contributed by atoms with Gasteiger partial charge in [0.15, 0.2) is 5.65 Å². The van der Waals surface area contributed by atoms with Crippen LogP contribution in [0.1, 0.15) is 16.7 Å². The van der Waals surface area contributed by atoms with E-state index in [-0.39, 0.29) is 18.1 Å². The van der Waals surface area contributed by atoms with Gasteiger partial charge in [0.2, 0.25) is 5.91 Å². The smallest absolute Gasteiger partial charge is 0.324 e. The quantitative estimate of drug-likeness (QED) is 0.477. The molecule has 32 heavy (non-hydrogen) atoms. The zero-order valence-electron chi connectivity index (χ0n) is 18.0. The highest BCUT2D eigenvalue weighted by molar-refractivity contribution is 5.91. The molecular formula is C24H22N6O2. The molecule has 0 aliphatic heterocycles. The summed E-state index contributed by atoms with van der Waals surface area (Å²) in [4.78, 5) is 25.4. The summed E-state index contributed by atoms with van der Waals surface area (Å²) in [7, 11) is 0. The van der Waals surface area contributed by atoms with Gasteiger partial charge in [0.1, 0.15) is 12.1 Å². The maximum Gasteiger partial charge on any atom is 0.350 e. The summed E-state index contributed by atoms with van der Waals surface area (Å²) in [6, 6.07) is 15.6. The van der Waals surface area contributed by atoms with Gasteiger partial charge in [-0.25, -0.2) is 18.4 Å². The first-order chi connectivity index (χ1) is 15.4. The van der Waals surface area contributed by atoms with Crippen molar-refractivity contribution in [2.75, 3.05) is 5.32 Å². The summed E-state index contributed by atoms with van der Waals surface area (Å²) in [5, 5.41) is 11.9. The molecule has 3 heterocycles. The van der Waals surface area contributed by atoms with Crippen molar-refractivity contribution in [3.63, 3.8) is 0 Å². The lowest BCUT2D eigenvalue weighted by atomic mass is 10.0. The Hall–Kier alpha value is -4.20. The molecule has 3 aromatic heterocycles. The molecule has 0 aliphatic rings. The lowest BCUT2D eigenvalue weighted by molar-refractivity contribution is -0.117. The fourth-order valence-corrected chi connectivity index (χ4v) is 3.82. The highest BCUT2D eigenvalue weighted by Crippen LogP contribution is 2.25. The van der Waals surface area contributed by atoms with Gasteiger partial charge in [-0.1, -0.05) is 35.9 Å². The molecule has 1 amide bonds. The topological polar surface area (TPSA) is 85.7 Å². The SMILES string of the molecule is Cc1ccc(C)c(-c2cc3c4nn(CC(=O)Nc5ccccc5C)c(=O)n4ccn3n2)c1. The van der Waals surface area contributed by atoms with Crippen LogP contribution >= 0.6 is 0 Å². The normalized spacial score (nSPS) is 11.3. The summed E-state index contributed by atoms with van der Waals surface area (Å²) in [5.41, 5.74) is 6.53. The van der Waals surface area contributed by atoms with E-state index in [1.165, 1.54) is 9.08 Å². The van der Waals surface area contributed by atoms with Crippen LogP contribution in [0.4, 0.5) is 5.69 Å². The first kappa shape index (κ1) is 19.7. The summed E-state index contributed by atoms with van der Waals surface area (Å²) < 4.78 is 4.31. The number of hydrogen-bond acceptors (Lipinski definition) is 4. The van der Waals surface area contributed by atoms with Gasteiger partial charge in [0.05, 0.1) is 5.69 Å². The molecule has 1 N–H and O–H groups in total. The Balaban J connectivity index is 1.53. The first-order valence-electron chi connectivity index (χ1n) is 10.3. The highest BCUT2D eigenvalue weighted by atomic mass is 16.2. The molecular weight excluding hydrogens is 404 g/mol. The van der Waals surface area contributed by atoms with E-state index in [1.54, 1.807) is 16.9 Å². The van der Waals surface area contributed by atoms with E-state index in [9.17, 15) is 9.59 Å². The third-order valence-electron chi connectivity index (χ3n) is 5.57. The molecule has 8 nitrogen and oxygen atoms in total. The van der Waals surface area contributed by atoms with Crippen molar-refractivity contribution in [2.24, 2.45) is 0 Å². The summed E-state index contributed by atoms with van der Waals surface area (Å²) in [5.74, 6) is -0.314. The minimum Gasteiger partial charge on any atom is -0.324 e.